The van der Waals surface area contributed by atoms with Crippen LogP contribution in [0.25, 0.3) is 0 Å². The minimum Gasteiger partial charge on any atom is -0.478 e. The Morgan fingerprint density at radius 1 is 1.47 bits per heavy atom. The van der Waals surface area contributed by atoms with Gasteiger partial charge in [0.25, 0.3) is 10.2 Å². The fourth-order valence-electron chi connectivity index (χ4n) is 0.936. The highest BCUT2D eigenvalue weighted by molar-refractivity contribution is 9.10. The maximum absolute atomic E-state index is 10.8. The van der Waals surface area contributed by atoms with E-state index in [1.54, 1.807) is 0 Å². The van der Waals surface area contributed by atoms with E-state index in [4.69, 9.17) is 10.2 Å². The van der Waals surface area contributed by atoms with E-state index >= 15 is 0 Å². The van der Waals surface area contributed by atoms with Gasteiger partial charge in [-0.1, -0.05) is 15.9 Å². The van der Waals surface area contributed by atoms with Crippen LogP contribution in [0.15, 0.2) is 22.7 Å². The van der Waals surface area contributed by atoms with E-state index in [1.165, 1.54) is 18.2 Å². The largest absolute Gasteiger partial charge is 0.478 e. The van der Waals surface area contributed by atoms with Crippen LogP contribution in [0.5, 0.6) is 0 Å². The summed E-state index contributed by atoms with van der Waals surface area (Å²) in [6.45, 7) is 0. The Balaban J connectivity index is 3.24. The Hall–Kier alpha value is -1.12. The number of aromatic carboxylic acids is 1. The molecule has 0 aromatic heterocycles. The number of carboxylic acid groups (broad SMARTS) is 1. The molecule has 0 atom stereocenters. The summed E-state index contributed by atoms with van der Waals surface area (Å²) in [6, 6.07) is 4.08. The molecule has 0 heterocycles. The highest BCUT2D eigenvalue weighted by Crippen LogP contribution is 2.21. The Morgan fingerprint density at radius 3 is 2.53 bits per heavy atom. The number of carboxylic acids is 1. The molecule has 0 aliphatic carbocycles. The number of hydrogen-bond donors (Lipinski definition) is 3. The van der Waals surface area contributed by atoms with Crippen LogP contribution in [-0.2, 0) is 10.2 Å². The molecule has 4 N–H and O–H groups in total. The van der Waals surface area contributed by atoms with Gasteiger partial charge in [-0.15, -0.1) is 0 Å². The van der Waals surface area contributed by atoms with Crippen LogP contribution < -0.4 is 9.86 Å². The summed E-state index contributed by atoms with van der Waals surface area (Å²) in [5.74, 6) is -1.25. The van der Waals surface area contributed by atoms with Gasteiger partial charge in [0, 0.05) is 4.47 Å². The monoisotopic (exact) mass is 294 g/mol. The second-order valence-electron chi connectivity index (χ2n) is 2.64. The van der Waals surface area contributed by atoms with E-state index in [1.807, 2.05) is 4.72 Å². The van der Waals surface area contributed by atoms with E-state index in [0.717, 1.165) is 0 Å². The molecule has 82 valence electrons. The zero-order chi connectivity index (χ0) is 11.6. The molecule has 1 aromatic carbocycles. The van der Waals surface area contributed by atoms with Crippen molar-refractivity contribution in [1.82, 2.24) is 0 Å². The number of halogens is 1. The van der Waals surface area contributed by atoms with E-state index in [2.05, 4.69) is 15.9 Å². The van der Waals surface area contributed by atoms with E-state index in [-0.39, 0.29) is 11.3 Å². The predicted octanol–water partition coefficient (Wildman–Crippen LogP) is 0.763. The molecule has 8 heteroatoms. The van der Waals surface area contributed by atoms with Gasteiger partial charge in [-0.3, -0.25) is 4.72 Å². The summed E-state index contributed by atoms with van der Waals surface area (Å²) < 4.78 is 23.9. The number of rotatable bonds is 3. The fraction of sp³-hybridized carbons (Fsp3) is 0. The second-order valence-corrected chi connectivity index (χ2v) is 4.85. The summed E-state index contributed by atoms with van der Waals surface area (Å²) >= 11 is 3.07. The molecule has 0 radical (unpaired) electrons. The highest BCUT2D eigenvalue weighted by atomic mass is 79.9. The quantitative estimate of drug-likeness (QED) is 0.764. The second kappa shape index (κ2) is 4.17. The van der Waals surface area contributed by atoms with Crippen molar-refractivity contribution in [3.05, 3.63) is 28.2 Å². The van der Waals surface area contributed by atoms with Crippen molar-refractivity contribution in [3.63, 3.8) is 0 Å². The van der Waals surface area contributed by atoms with Crippen LogP contribution in [-0.4, -0.2) is 19.5 Å². The van der Waals surface area contributed by atoms with Gasteiger partial charge < -0.3 is 5.11 Å². The molecule has 15 heavy (non-hydrogen) atoms. The summed E-state index contributed by atoms with van der Waals surface area (Å²) in [4.78, 5) is 10.8. The predicted molar refractivity (Wildman–Crippen MR) is 57.8 cm³/mol. The van der Waals surface area contributed by atoms with Crippen molar-refractivity contribution in [1.29, 1.82) is 0 Å². The first-order chi connectivity index (χ1) is 6.79. The molecular weight excluding hydrogens is 288 g/mol. The lowest BCUT2D eigenvalue weighted by Gasteiger charge is -2.07. The molecular formula is C7H7BrN2O4S. The van der Waals surface area contributed by atoms with Crippen LogP contribution in [0.2, 0.25) is 0 Å². The minimum absolute atomic E-state index is 0.0757. The summed E-state index contributed by atoms with van der Waals surface area (Å²) in [5.41, 5.74) is -0.258. The first kappa shape index (κ1) is 12.0. The average Bonchev–Trinajstić information content (AvgIpc) is 2.05. The molecule has 0 amide bonds. The first-order valence-electron chi connectivity index (χ1n) is 3.63. The lowest BCUT2D eigenvalue weighted by molar-refractivity contribution is 0.0698. The van der Waals surface area contributed by atoms with Crippen LogP contribution >= 0.6 is 15.9 Å². The van der Waals surface area contributed by atoms with Gasteiger partial charge in [0.2, 0.25) is 0 Å². The maximum Gasteiger partial charge on any atom is 0.337 e. The molecule has 0 bridgehead atoms. The third kappa shape index (κ3) is 3.50. The molecule has 0 aliphatic rings. The molecule has 0 aliphatic heterocycles. The zero-order valence-corrected chi connectivity index (χ0v) is 9.67. The lowest BCUT2D eigenvalue weighted by Crippen LogP contribution is -2.23. The molecule has 0 unspecified atom stereocenters. The van der Waals surface area contributed by atoms with Gasteiger partial charge in [0.1, 0.15) is 0 Å². The number of benzene rings is 1. The van der Waals surface area contributed by atoms with Crippen LogP contribution in [0.4, 0.5) is 5.69 Å². The number of hydrogen-bond acceptors (Lipinski definition) is 3. The molecule has 1 aromatic rings. The van der Waals surface area contributed by atoms with Gasteiger partial charge in [-0.2, -0.15) is 8.42 Å². The molecule has 0 fully saturated rings. The first-order valence-corrected chi connectivity index (χ1v) is 5.97. The lowest BCUT2D eigenvalue weighted by atomic mass is 10.2. The van der Waals surface area contributed by atoms with Crippen molar-refractivity contribution >= 4 is 37.8 Å². The minimum atomic E-state index is -3.97. The molecule has 0 spiro atoms. The van der Waals surface area contributed by atoms with Crippen molar-refractivity contribution in [3.8, 4) is 0 Å². The molecule has 6 nitrogen and oxygen atoms in total. The smallest absolute Gasteiger partial charge is 0.337 e. The average molecular weight is 295 g/mol. The Morgan fingerprint density at radius 2 is 2.07 bits per heavy atom. The van der Waals surface area contributed by atoms with Crippen molar-refractivity contribution in [2.75, 3.05) is 4.72 Å². The zero-order valence-electron chi connectivity index (χ0n) is 7.27. The standard InChI is InChI=1S/C7H7BrN2O4S/c8-4-1-2-6(10-15(9,13)14)5(3-4)7(11)12/h1-3,10H,(H,11,12)(H2,9,13,14). The Kier molecular flexibility index (Phi) is 3.32. The van der Waals surface area contributed by atoms with Gasteiger partial charge in [0.05, 0.1) is 11.3 Å². The maximum atomic E-state index is 10.8. The van der Waals surface area contributed by atoms with Crippen molar-refractivity contribution in [2.45, 2.75) is 0 Å². The van der Waals surface area contributed by atoms with Crippen molar-refractivity contribution in [2.24, 2.45) is 5.14 Å². The van der Waals surface area contributed by atoms with Crippen LogP contribution in [0.1, 0.15) is 10.4 Å². The van der Waals surface area contributed by atoms with Gasteiger partial charge in [-0.05, 0) is 18.2 Å². The number of nitrogens with two attached hydrogens (primary N) is 1. The van der Waals surface area contributed by atoms with Gasteiger partial charge >= 0.3 is 5.97 Å². The molecule has 0 saturated carbocycles. The number of anilines is 1. The highest BCUT2D eigenvalue weighted by Gasteiger charge is 2.13. The third-order valence-electron chi connectivity index (χ3n) is 1.46. The van der Waals surface area contributed by atoms with Gasteiger partial charge in [0.15, 0.2) is 0 Å². The van der Waals surface area contributed by atoms with E-state index in [0.29, 0.717) is 4.47 Å². The topological polar surface area (TPSA) is 109 Å². The Bertz CT molecular complexity index is 500. The van der Waals surface area contributed by atoms with Crippen molar-refractivity contribution < 1.29 is 18.3 Å². The Labute approximate surface area is 94.4 Å². The summed E-state index contributed by atoms with van der Waals surface area (Å²) in [5, 5.41) is 13.5. The number of nitrogens with one attached hydrogen (secondary N) is 1. The third-order valence-corrected chi connectivity index (χ3v) is 2.46. The normalized spacial score (nSPS) is 11.1. The van der Waals surface area contributed by atoms with E-state index in [9.17, 15) is 13.2 Å². The van der Waals surface area contributed by atoms with Crippen LogP contribution in [0, 0.1) is 0 Å². The number of carbonyl (C=O) groups is 1. The fourth-order valence-corrected chi connectivity index (χ4v) is 1.78. The summed E-state index contributed by atoms with van der Waals surface area (Å²) in [6.07, 6.45) is 0. The molecule has 1 rings (SSSR count). The van der Waals surface area contributed by atoms with Crippen LogP contribution in [0.3, 0.4) is 0 Å². The summed E-state index contributed by atoms with van der Waals surface area (Å²) in [7, 11) is -3.97. The van der Waals surface area contributed by atoms with E-state index < -0.39 is 16.2 Å². The SMILES string of the molecule is NS(=O)(=O)Nc1ccc(Br)cc1C(=O)O. The van der Waals surface area contributed by atoms with Gasteiger partial charge in [-0.25, -0.2) is 9.93 Å². The molecule has 0 saturated heterocycles.